The van der Waals surface area contributed by atoms with E-state index in [0.29, 0.717) is 45.6 Å². The molecule has 5 rings (SSSR count). The molecule has 1 aliphatic heterocycles. The molecule has 0 fully saturated rings. The summed E-state index contributed by atoms with van der Waals surface area (Å²) in [5.74, 6) is 0.0180. The molecular weight excluding hydrogens is 736 g/mol. The first-order valence-corrected chi connectivity index (χ1v) is 16.3. The second kappa shape index (κ2) is 15.4. The molecule has 236 valence electrons. The second-order valence-corrected chi connectivity index (χ2v) is 12.3. The van der Waals surface area contributed by atoms with Crippen molar-refractivity contribution < 1.29 is 23.8 Å². The van der Waals surface area contributed by atoms with Crippen molar-refractivity contribution in [2.75, 3.05) is 13.2 Å². The number of para-hydroxylation sites is 1. The van der Waals surface area contributed by atoms with E-state index in [-0.39, 0.29) is 13.2 Å². The molecule has 12 heteroatoms. The summed E-state index contributed by atoms with van der Waals surface area (Å²) < 4.78 is 19.0. The van der Waals surface area contributed by atoms with Gasteiger partial charge >= 0.3 is 5.97 Å². The zero-order valence-electron chi connectivity index (χ0n) is 24.9. The van der Waals surface area contributed by atoms with Crippen molar-refractivity contribution in [2.24, 2.45) is 5.10 Å². The Kier molecular flexibility index (Phi) is 11.1. The number of hydrazone groups is 1. The number of fused-ring (bicyclic) bond motifs is 1. The van der Waals surface area contributed by atoms with Gasteiger partial charge in [-0.05, 0) is 76.5 Å². The van der Waals surface area contributed by atoms with Gasteiger partial charge in [-0.2, -0.15) is 5.10 Å². The molecule has 0 saturated carbocycles. The summed E-state index contributed by atoms with van der Waals surface area (Å²) in [6, 6.07) is 24.5. The van der Waals surface area contributed by atoms with Gasteiger partial charge in [-0.3, -0.25) is 4.79 Å². The van der Waals surface area contributed by atoms with Gasteiger partial charge in [0.15, 0.2) is 11.7 Å². The minimum absolute atomic E-state index is 0.223. The van der Waals surface area contributed by atoms with E-state index in [9.17, 15) is 9.59 Å². The number of rotatable bonds is 11. The van der Waals surface area contributed by atoms with E-state index in [0.717, 1.165) is 25.3 Å². The third-order valence-corrected chi connectivity index (χ3v) is 8.30. The van der Waals surface area contributed by atoms with Crippen LogP contribution in [-0.4, -0.2) is 36.4 Å². The number of amides is 1. The molecule has 0 aliphatic carbocycles. The van der Waals surface area contributed by atoms with Crippen molar-refractivity contribution >= 4 is 78.1 Å². The van der Waals surface area contributed by atoms with E-state index in [1.807, 2.05) is 42.5 Å². The van der Waals surface area contributed by atoms with Crippen molar-refractivity contribution in [3.05, 3.63) is 116 Å². The molecule has 4 aromatic carbocycles. The normalized spacial score (nSPS) is 14.5. The molecule has 9 nitrogen and oxygen atoms in total. The van der Waals surface area contributed by atoms with Gasteiger partial charge in [-0.15, -0.1) is 0 Å². The number of halogens is 2. The predicted molar refractivity (Wildman–Crippen MR) is 189 cm³/mol. The van der Waals surface area contributed by atoms with Crippen molar-refractivity contribution in [1.82, 2.24) is 16.1 Å². The average molecular weight is 767 g/mol. The minimum Gasteiger partial charge on any atom is -0.487 e. The van der Waals surface area contributed by atoms with Gasteiger partial charge in [0, 0.05) is 21.3 Å². The number of benzene rings is 4. The highest BCUT2D eigenvalue weighted by molar-refractivity contribution is 9.11. The minimum atomic E-state index is -0.632. The molecule has 4 aromatic rings. The van der Waals surface area contributed by atoms with Crippen LogP contribution < -0.4 is 25.5 Å². The molecule has 1 atom stereocenters. The Balaban J connectivity index is 1.26. The molecule has 3 N–H and O–H groups in total. The van der Waals surface area contributed by atoms with E-state index in [2.05, 4.69) is 71.2 Å². The van der Waals surface area contributed by atoms with Gasteiger partial charge in [0.1, 0.15) is 18.1 Å². The van der Waals surface area contributed by atoms with Crippen LogP contribution in [0.4, 0.5) is 0 Å². The fourth-order valence-corrected chi connectivity index (χ4v) is 6.65. The summed E-state index contributed by atoms with van der Waals surface area (Å²) in [6.45, 7) is 3.73. The number of carbonyl (C=O) groups is 2. The van der Waals surface area contributed by atoms with Gasteiger partial charge in [-0.25, -0.2) is 10.2 Å². The Bertz CT molecular complexity index is 1860. The quantitative estimate of drug-likeness (QED) is 0.0661. The zero-order chi connectivity index (χ0) is 32.6. The standard InChI is InChI=1S/C34H30Br2N4O5S/c1-3-43-33(42)30-20(2)38-34(46)39-31(30)26-13-6-7-14-28(26)44-19-29(41)40-37-17-23-15-24(35)16-27(36)32(23)45-18-22-11-8-10-21-9-4-5-12-25(21)22/h4-17,31H,3,18-19H2,1-2H3,(H,40,41)(H2,38,39,46)/t31-/m1/s1. The van der Waals surface area contributed by atoms with Crippen LogP contribution in [0.25, 0.3) is 10.8 Å². The Labute approximate surface area is 288 Å². The fourth-order valence-electron chi connectivity index (χ4n) is 5.00. The lowest BCUT2D eigenvalue weighted by molar-refractivity contribution is -0.139. The van der Waals surface area contributed by atoms with Gasteiger partial charge in [-0.1, -0.05) is 76.6 Å². The van der Waals surface area contributed by atoms with Crippen molar-refractivity contribution in [3.8, 4) is 11.5 Å². The van der Waals surface area contributed by atoms with Crippen LogP contribution in [0, 0.1) is 0 Å². The van der Waals surface area contributed by atoms with Gasteiger partial charge < -0.3 is 24.8 Å². The first-order valence-electron chi connectivity index (χ1n) is 14.3. The van der Waals surface area contributed by atoms with E-state index >= 15 is 0 Å². The summed E-state index contributed by atoms with van der Waals surface area (Å²) in [5, 5.41) is 12.9. The number of nitrogens with one attached hydrogen (secondary N) is 3. The fraction of sp³-hybridized carbons (Fsp3) is 0.176. The van der Waals surface area contributed by atoms with Crippen LogP contribution in [0.1, 0.15) is 36.6 Å². The smallest absolute Gasteiger partial charge is 0.338 e. The molecule has 0 spiro atoms. The van der Waals surface area contributed by atoms with E-state index in [4.69, 9.17) is 26.4 Å². The van der Waals surface area contributed by atoms with Gasteiger partial charge in [0.2, 0.25) is 0 Å². The topological polar surface area (TPSA) is 110 Å². The number of hydrogen-bond acceptors (Lipinski definition) is 7. The van der Waals surface area contributed by atoms with Crippen molar-refractivity contribution in [3.63, 3.8) is 0 Å². The molecule has 0 radical (unpaired) electrons. The summed E-state index contributed by atoms with van der Waals surface area (Å²) in [4.78, 5) is 25.6. The molecule has 46 heavy (non-hydrogen) atoms. The van der Waals surface area contributed by atoms with Crippen LogP contribution >= 0.6 is 44.1 Å². The lowest BCUT2D eigenvalue weighted by atomic mass is 9.95. The molecule has 1 heterocycles. The van der Waals surface area contributed by atoms with Crippen LogP contribution in [-0.2, 0) is 20.9 Å². The largest absolute Gasteiger partial charge is 0.487 e. The van der Waals surface area contributed by atoms with Crippen LogP contribution in [0.5, 0.6) is 11.5 Å². The highest BCUT2D eigenvalue weighted by Gasteiger charge is 2.32. The Morgan fingerprint density at radius 2 is 1.78 bits per heavy atom. The SMILES string of the molecule is CCOC(=O)C1=C(C)NC(=S)N[C@@H]1c1ccccc1OCC(=O)NN=Cc1cc(Br)cc(Br)c1OCc1cccc2ccccc12. The first kappa shape index (κ1) is 33.1. The van der Waals surface area contributed by atoms with Crippen molar-refractivity contribution in [1.29, 1.82) is 0 Å². The zero-order valence-corrected chi connectivity index (χ0v) is 28.9. The summed E-state index contributed by atoms with van der Waals surface area (Å²) in [6.07, 6.45) is 1.51. The van der Waals surface area contributed by atoms with Gasteiger partial charge in [0.05, 0.1) is 28.9 Å². The molecule has 1 aliphatic rings. The monoisotopic (exact) mass is 764 g/mol. The number of esters is 1. The Hall–Kier alpha value is -4.26. The Morgan fingerprint density at radius 1 is 1.02 bits per heavy atom. The summed E-state index contributed by atoms with van der Waals surface area (Å²) in [5.41, 5.74) is 5.78. The van der Waals surface area contributed by atoms with E-state index < -0.39 is 17.9 Å². The van der Waals surface area contributed by atoms with Crippen LogP contribution in [0.3, 0.4) is 0 Å². The summed E-state index contributed by atoms with van der Waals surface area (Å²) >= 11 is 12.4. The van der Waals surface area contributed by atoms with E-state index in [1.54, 1.807) is 32.0 Å². The number of nitrogens with zero attached hydrogens (tertiary/aromatic N) is 1. The number of allylic oxidation sites excluding steroid dienone is 1. The predicted octanol–water partition coefficient (Wildman–Crippen LogP) is 6.83. The molecule has 0 bridgehead atoms. The molecule has 0 unspecified atom stereocenters. The summed E-state index contributed by atoms with van der Waals surface area (Å²) in [7, 11) is 0. The molecule has 0 aromatic heterocycles. The van der Waals surface area contributed by atoms with E-state index in [1.165, 1.54) is 6.21 Å². The maximum Gasteiger partial charge on any atom is 0.338 e. The third kappa shape index (κ3) is 7.93. The third-order valence-electron chi connectivity index (χ3n) is 7.04. The molecule has 0 saturated heterocycles. The number of thiocarbonyl (C=S) groups is 1. The van der Waals surface area contributed by atoms with Gasteiger partial charge in [0.25, 0.3) is 5.91 Å². The number of carbonyl (C=O) groups excluding carboxylic acids is 2. The highest BCUT2D eigenvalue weighted by atomic mass is 79.9. The van der Waals surface area contributed by atoms with Crippen molar-refractivity contribution in [2.45, 2.75) is 26.5 Å². The van der Waals surface area contributed by atoms with Crippen LogP contribution in [0.15, 0.2) is 104 Å². The van der Waals surface area contributed by atoms with Crippen LogP contribution in [0.2, 0.25) is 0 Å². The lowest BCUT2D eigenvalue weighted by Crippen LogP contribution is -2.45. The Morgan fingerprint density at radius 3 is 2.61 bits per heavy atom. The maximum absolute atomic E-state index is 12.8. The average Bonchev–Trinajstić information content (AvgIpc) is 3.03. The molecule has 1 amide bonds. The second-order valence-electron chi connectivity index (χ2n) is 10.1. The number of hydrogen-bond donors (Lipinski definition) is 3. The lowest BCUT2D eigenvalue weighted by Gasteiger charge is -2.30. The number of ether oxygens (including phenoxy) is 3. The highest BCUT2D eigenvalue weighted by Crippen LogP contribution is 2.35. The molecular formula is C34H30Br2N4O5S. The first-order chi connectivity index (χ1) is 22.2. The maximum atomic E-state index is 12.8.